The first kappa shape index (κ1) is 16.8. The van der Waals surface area contributed by atoms with E-state index in [0.717, 1.165) is 43.9 Å². The number of fused-ring (bicyclic) bond motifs is 1. The first-order valence-electron chi connectivity index (χ1n) is 9.05. The fourth-order valence-electron chi connectivity index (χ4n) is 3.73. The molecule has 0 N–H and O–H groups in total. The third-order valence-corrected chi connectivity index (χ3v) is 5.20. The Balaban J connectivity index is 1.36. The number of amides is 1. The number of rotatable bonds is 4. The van der Waals surface area contributed by atoms with Crippen molar-refractivity contribution in [3.05, 3.63) is 53.6 Å². The standard InChI is InChI=1S/C21H23NO4/c1-24-18-5-3-2-4-17(18)21(23)22-10-8-15(9-11-22)12-16-6-7-19-20(13-16)26-14-25-19/h2-7,13,15H,8-12,14H2,1H3. The SMILES string of the molecule is COc1ccccc1C(=O)N1CCC(Cc2ccc3c(c2)OCO3)CC1. The van der Waals surface area contributed by atoms with Crippen molar-refractivity contribution in [1.82, 2.24) is 4.90 Å². The van der Waals surface area contributed by atoms with Gasteiger partial charge in [0, 0.05) is 13.1 Å². The summed E-state index contributed by atoms with van der Waals surface area (Å²) >= 11 is 0. The number of piperidine rings is 1. The van der Waals surface area contributed by atoms with Crippen LogP contribution in [0.5, 0.6) is 17.2 Å². The van der Waals surface area contributed by atoms with E-state index in [2.05, 4.69) is 12.1 Å². The predicted octanol–water partition coefficient (Wildman–Crippen LogP) is 3.52. The van der Waals surface area contributed by atoms with E-state index in [9.17, 15) is 4.79 Å². The van der Waals surface area contributed by atoms with Gasteiger partial charge >= 0.3 is 0 Å². The van der Waals surface area contributed by atoms with Crippen molar-refractivity contribution in [3.63, 3.8) is 0 Å². The van der Waals surface area contributed by atoms with Crippen molar-refractivity contribution in [1.29, 1.82) is 0 Å². The largest absolute Gasteiger partial charge is 0.496 e. The topological polar surface area (TPSA) is 48.0 Å². The molecular weight excluding hydrogens is 330 g/mol. The second-order valence-electron chi connectivity index (χ2n) is 6.83. The molecule has 0 saturated carbocycles. The maximum atomic E-state index is 12.8. The molecule has 5 heteroatoms. The minimum absolute atomic E-state index is 0.0592. The van der Waals surface area contributed by atoms with Gasteiger partial charge in [-0.3, -0.25) is 4.79 Å². The molecule has 1 saturated heterocycles. The van der Waals surface area contributed by atoms with Crippen LogP contribution in [0.1, 0.15) is 28.8 Å². The quantitative estimate of drug-likeness (QED) is 0.844. The minimum Gasteiger partial charge on any atom is -0.496 e. The van der Waals surface area contributed by atoms with Crippen molar-refractivity contribution in [2.45, 2.75) is 19.3 Å². The summed E-state index contributed by atoms with van der Waals surface area (Å²) < 4.78 is 16.2. The maximum absolute atomic E-state index is 12.8. The van der Waals surface area contributed by atoms with Crippen LogP contribution in [0.4, 0.5) is 0 Å². The lowest BCUT2D eigenvalue weighted by Crippen LogP contribution is -2.39. The molecule has 2 aromatic carbocycles. The van der Waals surface area contributed by atoms with Crippen LogP contribution in [0.2, 0.25) is 0 Å². The number of hydrogen-bond donors (Lipinski definition) is 0. The average molecular weight is 353 g/mol. The number of benzene rings is 2. The Hall–Kier alpha value is -2.69. The highest BCUT2D eigenvalue weighted by molar-refractivity contribution is 5.97. The summed E-state index contributed by atoms with van der Waals surface area (Å²) in [6, 6.07) is 13.6. The molecule has 26 heavy (non-hydrogen) atoms. The Bertz CT molecular complexity index is 796. The molecule has 2 aliphatic heterocycles. The molecule has 4 rings (SSSR count). The summed E-state index contributed by atoms with van der Waals surface area (Å²) in [5, 5.41) is 0. The van der Waals surface area contributed by atoms with Crippen LogP contribution in [0.25, 0.3) is 0 Å². The molecule has 0 atom stereocenters. The smallest absolute Gasteiger partial charge is 0.257 e. The lowest BCUT2D eigenvalue weighted by atomic mass is 9.90. The molecule has 5 nitrogen and oxygen atoms in total. The molecule has 136 valence electrons. The summed E-state index contributed by atoms with van der Waals surface area (Å²) in [4.78, 5) is 14.7. The van der Waals surface area contributed by atoms with Crippen molar-refractivity contribution in [2.75, 3.05) is 27.0 Å². The predicted molar refractivity (Wildman–Crippen MR) is 97.9 cm³/mol. The molecule has 0 spiro atoms. The van der Waals surface area contributed by atoms with Crippen LogP contribution in [0, 0.1) is 5.92 Å². The number of nitrogens with zero attached hydrogens (tertiary/aromatic N) is 1. The van der Waals surface area contributed by atoms with Crippen molar-refractivity contribution in [2.24, 2.45) is 5.92 Å². The summed E-state index contributed by atoms with van der Waals surface area (Å²) in [6.45, 7) is 1.88. The van der Waals surface area contributed by atoms with Crippen LogP contribution in [-0.4, -0.2) is 37.8 Å². The van der Waals surface area contributed by atoms with Gasteiger partial charge in [0.1, 0.15) is 5.75 Å². The monoisotopic (exact) mass is 353 g/mol. The van der Waals surface area contributed by atoms with E-state index in [1.54, 1.807) is 7.11 Å². The van der Waals surface area contributed by atoms with Gasteiger partial charge in [0.25, 0.3) is 5.91 Å². The van der Waals surface area contributed by atoms with Gasteiger partial charge in [0.05, 0.1) is 12.7 Å². The second-order valence-corrected chi connectivity index (χ2v) is 6.83. The van der Waals surface area contributed by atoms with Crippen molar-refractivity contribution >= 4 is 5.91 Å². The fourth-order valence-corrected chi connectivity index (χ4v) is 3.73. The summed E-state index contributed by atoms with van der Waals surface area (Å²) in [7, 11) is 1.60. The highest BCUT2D eigenvalue weighted by atomic mass is 16.7. The molecule has 1 amide bonds. The Morgan fingerprint density at radius 3 is 2.69 bits per heavy atom. The zero-order valence-electron chi connectivity index (χ0n) is 14.9. The lowest BCUT2D eigenvalue weighted by Gasteiger charge is -2.32. The number of carbonyl (C=O) groups excluding carboxylic acids is 1. The van der Waals surface area contributed by atoms with E-state index in [4.69, 9.17) is 14.2 Å². The van der Waals surface area contributed by atoms with E-state index in [0.29, 0.717) is 24.0 Å². The van der Waals surface area contributed by atoms with Crippen LogP contribution < -0.4 is 14.2 Å². The highest BCUT2D eigenvalue weighted by Gasteiger charge is 2.25. The molecular formula is C21H23NO4. The molecule has 2 aromatic rings. The van der Waals surface area contributed by atoms with E-state index < -0.39 is 0 Å². The molecule has 0 bridgehead atoms. The first-order chi connectivity index (χ1) is 12.7. The third kappa shape index (κ3) is 3.34. The molecule has 2 heterocycles. The van der Waals surface area contributed by atoms with Gasteiger partial charge in [0.2, 0.25) is 6.79 Å². The van der Waals surface area contributed by atoms with Crippen LogP contribution in [0.15, 0.2) is 42.5 Å². The van der Waals surface area contributed by atoms with Crippen LogP contribution in [-0.2, 0) is 6.42 Å². The van der Waals surface area contributed by atoms with Gasteiger partial charge in [-0.15, -0.1) is 0 Å². The van der Waals surface area contributed by atoms with Gasteiger partial charge in [-0.25, -0.2) is 0 Å². The van der Waals surface area contributed by atoms with Crippen molar-refractivity contribution in [3.8, 4) is 17.2 Å². The summed E-state index contributed by atoms with van der Waals surface area (Å²) in [6.07, 6.45) is 3.03. The molecule has 0 aliphatic carbocycles. The Labute approximate surface area is 153 Å². The summed E-state index contributed by atoms with van der Waals surface area (Å²) in [5.74, 6) is 2.94. The molecule has 2 aliphatic rings. The number of carbonyl (C=O) groups is 1. The number of methoxy groups -OCH3 is 1. The Morgan fingerprint density at radius 1 is 1.12 bits per heavy atom. The maximum Gasteiger partial charge on any atom is 0.257 e. The normalized spacial score (nSPS) is 16.6. The molecule has 0 unspecified atom stereocenters. The van der Waals surface area contributed by atoms with E-state index in [1.807, 2.05) is 35.2 Å². The zero-order chi connectivity index (χ0) is 17.9. The minimum atomic E-state index is 0.0592. The second kappa shape index (κ2) is 7.28. The van der Waals surface area contributed by atoms with Gasteiger partial charge in [-0.1, -0.05) is 18.2 Å². The lowest BCUT2D eigenvalue weighted by molar-refractivity contribution is 0.0687. The zero-order valence-corrected chi connectivity index (χ0v) is 14.9. The number of likely N-dealkylation sites (tertiary alicyclic amines) is 1. The molecule has 1 fully saturated rings. The van der Waals surface area contributed by atoms with E-state index in [1.165, 1.54) is 5.56 Å². The van der Waals surface area contributed by atoms with E-state index >= 15 is 0 Å². The number of ether oxygens (including phenoxy) is 3. The summed E-state index contributed by atoms with van der Waals surface area (Å²) in [5.41, 5.74) is 1.91. The Kier molecular flexibility index (Phi) is 4.69. The van der Waals surface area contributed by atoms with E-state index in [-0.39, 0.29) is 5.91 Å². The molecule has 0 aromatic heterocycles. The van der Waals surface area contributed by atoms with Gasteiger partial charge in [-0.2, -0.15) is 0 Å². The van der Waals surface area contributed by atoms with Gasteiger partial charge in [0.15, 0.2) is 11.5 Å². The molecule has 0 radical (unpaired) electrons. The fraction of sp³-hybridized carbons (Fsp3) is 0.381. The van der Waals surface area contributed by atoms with Crippen LogP contribution >= 0.6 is 0 Å². The number of hydrogen-bond acceptors (Lipinski definition) is 4. The highest BCUT2D eigenvalue weighted by Crippen LogP contribution is 2.34. The average Bonchev–Trinajstić information content (AvgIpc) is 3.16. The van der Waals surface area contributed by atoms with Crippen molar-refractivity contribution < 1.29 is 19.0 Å². The van der Waals surface area contributed by atoms with Gasteiger partial charge < -0.3 is 19.1 Å². The van der Waals surface area contributed by atoms with Gasteiger partial charge in [-0.05, 0) is 55.0 Å². The number of para-hydroxylation sites is 1. The first-order valence-corrected chi connectivity index (χ1v) is 9.05. The Morgan fingerprint density at radius 2 is 1.88 bits per heavy atom. The third-order valence-electron chi connectivity index (χ3n) is 5.20. The van der Waals surface area contributed by atoms with Crippen LogP contribution in [0.3, 0.4) is 0 Å².